The molecule has 0 saturated carbocycles. The first-order valence-corrected chi connectivity index (χ1v) is 6.85. The van der Waals surface area contributed by atoms with Crippen LogP contribution in [-0.4, -0.2) is 28.5 Å². The highest BCUT2D eigenvalue weighted by Crippen LogP contribution is 2.25. The molecule has 0 fully saturated rings. The lowest BCUT2D eigenvalue weighted by Gasteiger charge is -2.38. The summed E-state index contributed by atoms with van der Waals surface area (Å²) in [4.78, 5) is 6.95. The smallest absolute Gasteiger partial charge is 0.0673 e. The lowest BCUT2D eigenvalue weighted by atomic mass is 10.0. The number of nitrogens with zero attached hydrogens (tertiary/aromatic N) is 2. The molecule has 0 saturated heterocycles. The van der Waals surface area contributed by atoms with Crippen molar-refractivity contribution in [1.82, 2.24) is 9.88 Å². The third kappa shape index (κ3) is 4.07. The maximum atomic E-state index is 6.20. The number of hydrogen-bond acceptors (Lipinski definition) is 3. The van der Waals surface area contributed by atoms with Crippen LogP contribution in [0.1, 0.15) is 46.4 Å². The number of aromatic nitrogens is 1. The molecule has 0 spiro atoms. The van der Waals surface area contributed by atoms with Crippen LogP contribution in [0.5, 0.6) is 0 Å². The average Bonchev–Trinajstić information content (AvgIpc) is 2.28. The Morgan fingerprint density at radius 3 is 2.22 bits per heavy atom. The zero-order valence-corrected chi connectivity index (χ0v) is 12.3. The molecule has 0 amide bonds. The van der Waals surface area contributed by atoms with Crippen molar-refractivity contribution in [3.63, 3.8) is 0 Å². The Morgan fingerprint density at radius 1 is 1.17 bits per heavy atom. The Balaban J connectivity index is 3.01. The van der Waals surface area contributed by atoms with Gasteiger partial charge in [0.15, 0.2) is 0 Å². The van der Waals surface area contributed by atoms with Gasteiger partial charge >= 0.3 is 0 Å². The van der Waals surface area contributed by atoms with E-state index in [1.54, 1.807) is 0 Å². The van der Waals surface area contributed by atoms with Crippen LogP contribution in [0, 0.1) is 5.92 Å². The Morgan fingerprint density at radius 2 is 1.83 bits per heavy atom. The first kappa shape index (κ1) is 15.1. The third-order valence-corrected chi connectivity index (χ3v) is 3.09. The highest BCUT2D eigenvalue weighted by molar-refractivity contribution is 5.11. The molecule has 0 aliphatic heterocycles. The molecule has 0 aromatic carbocycles. The van der Waals surface area contributed by atoms with E-state index in [1.807, 2.05) is 18.3 Å². The highest BCUT2D eigenvalue weighted by Gasteiger charge is 2.27. The van der Waals surface area contributed by atoms with Gasteiger partial charge in [-0.3, -0.25) is 9.88 Å². The minimum absolute atomic E-state index is 0.0704. The van der Waals surface area contributed by atoms with E-state index in [0.29, 0.717) is 12.0 Å². The van der Waals surface area contributed by atoms with Crippen molar-refractivity contribution >= 4 is 0 Å². The zero-order valence-electron chi connectivity index (χ0n) is 12.3. The molecule has 102 valence electrons. The standard InChI is InChI=1S/C15H27N3/c1-11(2)10-18(12(3)4)15(13(5)16)14-8-6-7-9-17-14/h6-9,11-13,15H,10,16H2,1-5H3. The Hall–Kier alpha value is -0.930. The molecular formula is C15H27N3. The predicted octanol–water partition coefficient (Wildman–Crippen LogP) is 2.84. The summed E-state index contributed by atoms with van der Waals surface area (Å²) in [6, 6.07) is 6.78. The molecule has 1 heterocycles. The molecule has 18 heavy (non-hydrogen) atoms. The van der Waals surface area contributed by atoms with Crippen molar-refractivity contribution in [3.05, 3.63) is 30.1 Å². The van der Waals surface area contributed by atoms with E-state index in [1.165, 1.54) is 0 Å². The Labute approximate surface area is 111 Å². The summed E-state index contributed by atoms with van der Waals surface area (Å²) < 4.78 is 0. The number of hydrogen-bond donors (Lipinski definition) is 1. The minimum atomic E-state index is 0.0704. The molecule has 1 rings (SSSR count). The van der Waals surface area contributed by atoms with Gasteiger partial charge < -0.3 is 5.73 Å². The maximum Gasteiger partial charge on any atom is 0.0673 e. The number of pyridine rings is 1. The monoisotopic (exact) mass is 249 g/mol. The molecule has 0 bridgehead atoms. The third-order valence-electron chi connectivity index (χ3n) is 3.09. The molecule has 3 nitrogen and oxygen atoms in total. The van der Waals surface area contributed by atoms with Gasteiger partial charge in [-0.15, -0.1) is 0 Å². The fourth-order valence-corrected chi connectivity index (χ4v) is 2.36. The van der Waals surface area contributed by atoms with Gasteiger partial charge in [-0.05, 0) is 38.8 Å². The fourth-order valence-electron chi connectivity index (χ4n) is 2.36. The van der Waals surface area contributed by atoms with Gasteiger partial charge in [-0.1, -0.05) is 19.9 Å². The fraction of sp³-hybridized carbons (Fsp3) is 0.667. The van der Waals surface area contributed by atoms with E-state index < -0.39 is 0 Å². The van der Waals surface area contributed by atoms with Gasteiger partial charge in [0.1, 0.15) is 0 Å². The molecule has 2 atom stereocenters. The zero-order chi connectivity index (χ0) is 13.7. The second kappa shape index (κ2) is 6.86. The maximum absolute atomic E-state index is 6.20. The lowest BCUT2D eigenvalue weighted by Crippen LogP contribution is -2.45. The van der Waals surface area contributed by atoms with Crippen molar-refractivity contribution in [2.75, 3.05) is 6.54 Å². The van der Waals surface area contributed by atoms with Gasteiger partial charge in [-0.2, -0.15) is 0 Å². The van der Waals surface area contributed by atoms with Crippen LogP contribution in [0.15, 0.2) is 24.4 Å². The minimum Gasteiger partial charge on any atom is -0.326 e. The summed E-state index contributed by atoms with van der Waals surface area (Å²) >= 11 is 0. The molecular weight excluding hydrogens is 222 g/mol. The molecule has 0 aliphatic carbocycles. The Kier molecular flexibility index (Phi) is 5.76. The first-order valence-electron chi connectivity index (χ1n) is 6.85. The van der Waals surface area contributed by atoms with Gasteiger partial charge in [-0.25, -0.2) is 0 Å². The van der Waals surface area contributed by atoms with Crippen LogP contribution in [0.3, 0.4) is 0 Å². The van der Waals surface area contributed by atoms with E-state index in [-0.39, 0.29) is 12.1 Å². The first-order chi connectivity index (χ1) is 8.43. The van der Waals surface area contributed by atoms with Crippen molar-refractivity contribution in [3.8, 4) is 0 Å². The molecule has 2 N–H and O–H groups in total. The van der Waals surface area contributed by atoms with Crippen LogP contribution < -0.4 is 5.73 Å². The predicted molar refractivity (Wildman–Crippen MR) is 77.3 cm³/mol. The van der Waals surface area contributed by atoms with Crippen LogP contribution in [0.2, 0.25) is 0 Å². The van der Waals surface area contributed by atoms with Crippen LogP contribution >= 0.6 is 0 Å². The molecule has 1 aromatic rings. The normalized spacial score (nSPS) is 15.4. The van der Waals surface area contributed by atoms with Crippen molar-refractivity contribution in [2.24, 2.45) is 11.7 Å². The molecule has 3 heteroatoms. The summed E-state index contributed by atoms with van der Waals surface area (Å²) in [5, 5.41) is 0. The topological polar surface area (TPSA) is 42.2 Å². The van der Waals surface area contributed by atoms with Gasteiger partial charge in [0.25, 0.3) is 0 Å². The van der Waals surface area contributed by atoms with E-state index in [9.17, 15) is 0 Å². The van der Waals surface area contributed by atoms with Gasteiger partial charge in [0.05, 0.1) is 11.7 Å². The molecule has 1 aromatic heterocycles. The summed E-state index contributed by atoms with van der Waals surface area (Å²) in [6.07, 6.45) is 1.85. The molecule has 0 radical (unpaired) electrons. The summed E-state index contributed by atoms with van der Waals surface area (Å²) in [6.45, 7) is 12.0. The second-order valence-corrected chi connectivity index (χ2v) is 5.74. The highest BCUT2D eigenvalue weighted by atomic mass is 15.2. The molecule has 2 unspecified atom stereocenters. The van der Waals surface area contributed by atoms with Crippen molar-refractivity contribution < 1.29 is 0 Å². The SMILES string of the molecule is CC(C)CN(C(C)C)C(c1ccccn1)C(C)N. The van der Waals surface area contributed by atoms with E-state index in [2.05, 4.69) is 50.6 Å². The number of rotatable bonds is 6. The van der Waals surface area contributed by atoms with Gasteiger partial charge in [0, 0.05) is 24.8 Å². The average molecular weight is 249 g/mol. The van der Waals surface area contributed by atoms with Gasteiger partial charge in [0.2, 0.25) is 0 Å². The van der Waals surface area contributed by atoms with Crippen molar-refractivity contribution in [1.29, 1.82) is 0 Å². The number of nitrogens with two attached hydrogens (primary N) is 1. The van der Waals surface area contributed by atoms with E-state index >= 15 is 0 Å². The lowest BCUT2D eigenvalue weighted by molar-refractivity contribution is 0.116. The van der Waals surface area contributed by atoms with Crippen molar-refractivity contribution in [2.45, 2.75) is 52.7 Å². The van der Waals surface area contributed by atoms with Crippen LogP contribution in [-0.2, 0) is 0 Å². The summed E-state index contributed by atoms with van der Waals surface area (Å²) in [5.74, 6) is 0.623. The summed E-state index contributed by atoms with van der Waals surface area (Å²) in [7, 11) is 0. The van der Waals surface area contributed by atoms with E-state index in [4.69, 9.17) is 5.73 Å². The van der Waals surface area contributed by atoms with Crippen LogP contribution in [0.25, 0.3) is 0 Å². The quantitative estimate of drug-likeness (QED) is 0.843. The summed E-state index contributed by atoms with van der Waals surface area (Å²) in [5.41, 5.74) is 7.27. The largest absolute Gasteiger partial charge is 0.326 e. The second-order valence-electron chi connectivity index (χ2n) is 5.74. The Bertz CT molecular complexity index is 333. The van der Waals surface area contributed by atoms with Crippen LogP contribution in [0.4, 0.5) is 0 Å². The van der Waals surface area contributed by atoms with E-state index in [0.717, 1.165) is 12.2 Å². The molecule has 0 aliphatic rings.